The van der Waals surface area contributed by atoms with Gasteiger partial charge in [-0.2, -0.15) is 18.2 Å². The largest absolute Gasteiger partial charge is 0.451 e. The molecule has 0 saturated carbocycles. The minimum absolute atomic E-state index is 0.264. The Morgan fingerprint density at radius 1 is 1.43 bits per heavy atom. The van der Waals surface area contributed by atoms with E-state index in [1.54, 1.807) is 5.10 Å². The smallest absolute Gasteiger partial charge is 0.293 e. The molecule has 1 aromatic heterocycles. The molecule has 0 aliphatic carbocycles. The number of aromatic nitrogens is 3. The first-order chi connectivity index (χ1) is 9.95. The second-order valence-corrected chi connectivity index (χ2v) is 7.42. The lowest BCUT2D eigenvalue weighted by Crippen LogP contribution is -2.13. The number of rotatable bonds is 6. The predicted molar refractivity (Wildman–Crippen MR) is 76.9 cm³/mol. The quantitative estimate of drug-likeness (QED) is 0.613. The molecule has 0 radical (unpaired) electrons. The van der Waals surface area contributed by atoms with Gasteiger partial charge in [0.1, 0.15) is 0 Å². The Labute approximate surface area is 127 Å². The molecular weight excluding hydrogens is 325 g/mol. The van der Waals surface area contributed by atoms with Crippen LogP contribution in [0.25, 0.3) is 0 Å². The van der Waals surface area contributed by atoms with E-state index in [2.05, 4.69) is 15.4 Å². The maximum atomic E-state index is 12.3. The number of unbranched alkanes of at least 4 members (excludes halogenated alkanes) is 1. The fourth-order valence-corrected chi connectivity index (χ4v) is 4.88. The van der Waals surface area contributed by atoms with Gasteiger partial charge in [-0.15, -0.1) is 5.10 Å². The number of aromatic amines is 1. The summed E-state index contributed by atoms with van der Waals surface area (Å²) in [5.41, 5.74) is 0. The van der Waals surface area contributed by atoms with Gasteiger partial charge in [-0.1, -0.05) is 28.0 Å². The lowest BCUT2D eigenvalue weighted by atomic mass is 10.1. The van der Waals surface area contributed by atoms with Crippen molar-refractivity contribution in [2.24, 2.45) is 0 Å². The SMILES string of the molecule is O=C(CCCCC1CCSS1)Nc1n[nH]c(C(F)(F)F)n1. The normalized spacial score (nSPS) is 18.9. The predicted octanol–water partition coefficient (Wildman–Crippen LogP) is 3.48. The molecule has 5 nitrogen and oxygen atoms in total. The third kappa shape index (κ3) is 5.42. The highest BCUT2D eigenvalue weighted by Gasteiger charge is 2.35. The van der Waals surface area contributed by atoms with Crippen molar-refractivity contribution in [3.8, 4) is 0 Å². The van der Waals surface area contributed by atoms with E-state index in [1.165, 1.54) is 12.2 Å². The summed E-state index contributed by atoms with van der Waals surface area (Å²) < 4.78 is 36.9. The molecule has 1 aliphatic rings. The highest BCUT2D eigenvalue weighted by Crippen LogP contribution is 2.39. The Morgan fingerprint density at radius 2 is 2.24 bits per heavy atom. The summed E-state index contributed by atoms with van der Waals surface area (Å²) in [6.07, 6.45) is -0.395. The van der Waals surface area contributed by atoms with Crippen LogP contribution in [0.5, 0.6) is 0 Å². The van der Waals surface area contributed by atoms with E-state index in [1.807, 2.05) is 21.6 Å². The van der Waals surface area contributed by atoms with Crippen LogP contribution in [0.2, 0.25) is 0 Å². The first kappa shape index (κ1) is 16.5. The van der Waals surface area contributed by atoms with Crippen molar-refractivity contribution in [1.29, 1.82) is 0 Å². The zero-order chi connectivity index (χ0) is 15.3. The van der Waals surface area contributed by atoms with Crippen molar-refractivity contribution >= 4 is 33.4 Å². The van der Waals surface area contributed by atoms with Crippen LogP contribution < -0.4 is 5.32 Å². The van der Waals surface area contributed by atoms with Crippen LogP contribution in [0.4, 0.5) is 19.1 Å². The fraction of sp³-hybridized carbons (Fsp3) is 0.727. The Morgan fingerprint density at radius 3 is 2.86 bits per heavy atom. The van der Waals surface area contributed by atoms with Crippen LogP contribution >= 0.6 is 21.6 Å². The van der Waals surface area contributed by atoms with E-state index in [0.29, 0.717) is 11.7 Å². The van der Waals surface area contributed by atoms with Gasteiger partial charge in [0.05, 0.1) is 0 Å². The molecule has 1 atom stereocenters. The first-order valence-electron chi connectivity index (χ1n) is 6.53. The molecule has 21 heavy (non-hydrogen) atoms. The maximum absolute atomic E-state index is 12.3. The number of hydrogen-bond donors (Lipinski definition) is 2. The monoisotopic (exact) mass is 340 g/mol. The molecule has 1 aromatic rings. The topological polar surface area (TPSA) is 70.7 Å². The van der Waals surface area contributed by atoms with Crippen LogP contribution in [0.15, 0.2) is 0 Å². The molecule has 2 N–H and O–H groups in total. The summed E-state index contributed by atoms with van der Waals surface area (Å²) in [5.74, 6) is -0.734. The van der Waals surface area contributed by atoms with Gasteiger partial charge in [0, 0.05) is 17.4 Å². The average molecular weight is 340 g/mol. The number of alkyl halides is 3. The maximum Gasteiger partial charge on any atom is 0.451 e. The lowest BCUT2D eigenvalue weighted by molar-refractivity contribution is -0.144. The van der Waals surface area contributed by atoms with Gasteiger partial charge in [-0.05, 0) is 19.3 Å². The molecule has 118 valence electrons. The van der Waals surface area contributed by atoms with Gasteiger partial charge >= 0.3 is 6.18 Å². The molecule has 2 heterocycles. The van der Waals surface area contributed by atoms with E-state index in [0.717, 1.165) is 12.8 Å². The van der Waals surface area contributed by atoms with Gasteiger partial charge in [0.25, 0.3) is 0 Å². The summed E-state index contributed by atoms with van der Waals surface area (Å²) in [7, 11) is 3.77. The van der Waals surface area contributed by atoms with Crippen molar-refractivity contribution < 1.29 is 18.0 Å². The van der Waals surface area contributed by atoms with Crippen molar-refractivity contribution in [2.75, 3.05) is 11.1 Å². The van der Waals surface area contributed by atoms with Crippen molar-refractivity contribution in [1.82, 2.24) is 15.2 Å². The number of carbonyl (C=O) groups is 1. The van der Waals surface area contributed by atoms with Crippen LogP contribution in [0.3, 0.4) is 0 Å². The third-order valence-corrected chi connectivity index (χ3v) is 5.92. The summed E-state index contributed by atoms with van der Waals surface area (Å²) >= 11 is 0. The van der Waals surface area contributed by atoms with E-state index in [4.69, 9.17) is 0 Å². The summed E-state index contributed by atoms with van der Waals surface area (Å²) in [5, 5.41) is 8.00. The van der Waals surface area contributed by atoms with Crippen molar-refractivity contribution in [3.63, 3.8) is 0 Å². The molecular formula is C11H15F3N4OS2. The number of nitrogens with zero attached hydrogens (tertiary/aromatic N) is 2. The third-order valence-electron chi connectivity index (χ3n) is 2.91. The van der Waals surface area contributed by atoms with Gasteiger partial charge in [0.2, 0.25) is 17.7 Å². The number of H-pyrrole nitrogens is 1. The standard InChI is InChI=1S/C11H15F3N4OS2/c12-11(13,14)9-16-10(18-17-9)15-8(19)4-2-1-3-7-5-6-20-21-7/h7H,1-6H2,(H2,15,16,17,18,19). The molecule has 0 spiro atoms. The second-order valence-electron chi connectivity index (χ2n) is 4.63. The van der Waals surface area contributed by atoms with Crippen LogP contribution in [0, 0.1) is 0 Å². The summed E-state index contributed by atoms with van der Waals surface area (Å²) in [6.45, 7) is 0. The van der Waals surface area contributed by atoms with Gasteiger partial charge in [0.15, 0.2) is 0 Å². The number of halogens is 3. The molecule has 1 saturated heterocycles. The van der Waals surface area contributed by atoms with Crippen molar-refractivity contribution in [2.45, 2.75) is 43.5 Å². The molecule has 10 heteroatoms. The number of nitrogens with one attached hydrogen (secondary N) is 2. The lowest BCUT2D eigenvalue weighted by Gasteiger charge is -2.06. The van der Waals surface area contributed by atoms with E-state index >= 15 is 0 Å². The molecule has 1 unspecified atom stereocenters. The Bertz CT molecular complexity index is 474. The Balaban J connectivity index is 1.66. The zero-order valence-corrected chi connectivity index (χ0v) is 12.7. The highest BCUT2D eigenvalue weighted by molar-refractivity contribution is 8.77. The molecule has 0 bridgehead atoms. The van der Waals surface area contributed by atoms with Gasteiger partial charge in [-0.25, -0.2) is 0 Å². The number of amides is 1. The average Bonchev–Trinajstić information content (AvgIpc) is 3.04. The zero-order valence-electron chi connectivity index (χ0n) is 11.1. The molecule has 1 aliphatic heterocycles. The van der Waals surface area contributed by atoms with Gasteiger partial charge in [-0.3, -0.25) is 15.2 Å². The second kappa shape index (κ2) is 7.39. The molecule has 0 aromatic carbocycles. The van der Waals surface area contributed by atoms with E-state index < -0.39 is 12.0 Å². The number of carbonyl (C=O) groups excluding carboxylic acids is 1. The van der Waals surface area contributed by atoms with Gasteiger partial charge < -0.3 is 0 Å². The molecule has 1 amide bonds. The van der Waals surface area contributed by atoms with E-state index in [-0.39, 0.29) is 18.3 Å². The van der Waals surface area contributed by atoms with Crippen LogP contribution in [-0.2, 0) is 11.0 Å². The molecule has 2 rings (SSSR count). The molecule has 1 fully saturated rings. The van der Waals surface area contributed by atoms with Crippen LogP contribution in [0.1, 0.15) is 37.9 Å². The Hall–Kier alpha value is -0.900. The number of anilines is 1. The van der Waals surface area contributed by atoms with E-state index in [9.17, 15) is 18.0 Å². The highest BCUT2D eigenvalue weighted by atomic mass is 33.1. The summed E-state index contributed by atoms with van der Waals surface area (Å²) in [6, 6.07) is 0. The summed E-state index contributed by atoms with van der Waals surface area (Å²) in [4.78, 5) is 14.8. The van der Waals surface area contributed by atoms with Crippen molar-refractivity contribution in [3.05, 3.63) is 5.82 Å². The Kier molecular flexibility index (Phi) is 5.80. The number of hydrogen-bond acceptors (Lipinski definition) is 5. The fourth-order valence-electron chi connectivity index (χ4n) is 1.85. The minimum Gasteiger partial charge on any atom is -0.293 e. The van der Waals surface area contributed by atoms with Crippen LogP contribution in [-0.4, -0.2) is 32.1 Å². The first-order valence-corrected chi connectivity index (χ1v) is 8.91. The minimum atomic E-state index is -4.59.